The minimum atomic E-state index is 0.510. The lowest BCUT2D eigenvalue weighted by molar-refractivity contribution is -0.475. The highest BCUT2D eigenvalue weighted by Crippen LogP contribution is 2.36. The van der Waals surface area contributed by atoms with Crippen LogP contribution in [0.5, 0.6) is 11.5 Å². The van der Waals surface area contributed by atoms with E-state index in [4.69, 9.17) is 9.47 Å². The largest absolute Gasteiger partial charge is 0.435 e. The van der Waals surface area contributed by atoms with Crippen molar-refractivity contribution >= 4 is 45.3 Å². The van der Waals surface area contributed by atoms with Crippen molar-refractivity contribution in [1.82, 2.24) is 0 Å². The molecule has 0 atom stereocenters. The van der Waals surface area contributed by atoms with Gasteiger partial charge in [-0.05, 0) is 71.0 Å². The predicted octanol–water partition coefficient (Wildman–Crippen LogP) is 10.2. The summed E-state index contributed by atoms with van der Waals surface area (Å²) in [4.78, 5) is 0. The standard InChI is InChI=1S/C25H20NO.C19H16NO/c1-18-8-7-13-22-16-26(17-27-25(18)22)24-15-21-12-6-5-11-20(21)14-23(24)19-9-3-2-4-10-19;1-14-6-4-9-16-12-20(13-21-19(14)16)18-11-5-8-15-7-2-3-10-17(15)18/h2-16H,17H2,1H3;2-12H,13H2,1H3/q2*+1. The lowest BCUT2D eigenvalue weighted by Gasteiger charge is -2.17. The molecule has 0 fully saturated rings. The molecule has 0 amide bonds. The molecule has 0 spiro atoms. The molecule has 7 aromatic carbocycles. The molecule has 2 aliphatic heterocycles. The zero-order valence-corrected chi connectivity index (χ0v) is 27.1. The van der Waals surface area contributed by atoms with E-state index in [2.05, 4.69) is 181 Å². The molecule has 7 aromatic rings. The molecule has 0 unspecified atom stereocenters. The van der Waals surface area contributed by atoms with Crippen LogP contribution >= 0.6 is 0 Å². The summed E-state index contributed by atoms with van der Waals surface area (Å²) in [5.41, 5.74) is 9.37. The van der Waals surface area contributed by atoms with E-state index in [9.17, 15) is 0 Å². The van der Waals surface area contributed by atoms with Gasteiger partial charge in [-0.15, -0.1) is 0 Å². The molecule has 0 aliphatic carbocycles. The van der Waals surface area contributed by atoms with Gasteiger partial charge in [-0.2, -0.15) is 9.15 Å². The SMILES string of the molecule is Cc1cccc2c1OC[N+](c1cc3ccccc3cc1-c1ccccc1)=C2.Cc1cccc2c1OC[N+](c1cccc3ccccc13)=C2. The Bertz CT molecular complexity index is 2370. The first-order valence-corrected chi connectivity index (χ1v) is 16.4. The van der Waals surface area contributed by atoms with E-state index in [1.807, 2.05) is 0 Å². The van der Waals surface area contributed by atoms with Gasteiger partial charge in [0.1, 0.15) is 11.5 Å². The first kappa shape index (κ1) is 29.4. The second kappa shape index (κ2) is 12.7. The van der Waals surface area contributed by atoms with Crippen LogP contribution in [0.15, 0.2) is 146 Å². The van der Waals surface area contributed by atoms with Gasteiger partial charge in [0.2, 0.25) is 11.4 Å². The molecule has 9 rings (SSSR count). The van der Waals surface area contributed by atoms with Gasteiger partial charge in [0.25, 0.3) is 13.5 Å². The van der Waals surface area contributed by atoms with E-state index < -0.39 is 0 Å². The number of ether oxygens (including phenoxy) is 2. The van der Waals surface area contributed by atoms with Crippen molar-refractivity contribution in [3.05, 3.63) is 168 Å². The van der Waals surface area contributed by atoms with E-state index in [1.165, 1.54) is 49.5 Å². The summed E-state index contributed by atoms with van der Waals surface area (Å²) in [5.74, 6) is 1.98. The van der Waals surface area contributed by atoms with Crippen molar-refractivity contribution in [2.24, 2.45) is 0 Å². The third kappa shape index (κ3) is 5.62. The zero-order valence-electron chi connectivity index (χ0n) is 27.1. The number of hydrogen-bond donors (Lipinski definition) is 0. The van der Waals surface area contributed by atoms with E-state index in [0.717, 1.165) is 28.3 Å². The van der Waals surface area contributed by atoms with Crippen LogP contribution in [0.1, 0.15) is 22.3 Å². The monoisotopic (exact) mass is 624 g/mol. The van der Waals surface area contributed by atoms with Gasteiger partial charge in [-0.25, -0.2) is 0 Å². The predicted molar refractivity (Wildman–Crippen MR) is 197 cm³/mol. The highest BCUT2D eigenvalue weighted by Gasteiger charge is 2.24. The number of nitrogens with zero attached hydrogens (tertiary/aromatic N) is 2. The van der Waals surface area contributed by atoms with Gasteiger partial charge in [0.15, 0.2) is 12.4 Å². The quantitative estimate of drug-likeness (QED) is 0.183. The third-order valence-corrected chi connectivity index (χ3v) is 9.10. The molecule has 0 bridgehead atoms. The van der Waals surface area contributed by atoms with Crippen LogP contribution in [0, 0.1) is 13.8 Å². The molecule has 48 heavy (non-hydrogen) atoms. The Morgan fingerprint density at radius 3 is 1.65 bits per heavy atom. The van der Waals surface area contributed by atoms with Crippen molar-refractivity contribution in [1.29, 1.82) is 0 Å². The van der Waals surface area contributed by atoms with E-state index in [0.29, 0.717) is 13.5 Å². The maximum Gasteiger partial charge on any atom is 0.292 e. The molecule has 232 valence electrons. The van der Waals surface area contributed by atoms with Crippen molar-refractivity contribution in [3.8, 4) is 22.6 Å². The van der Waals surface area contributed by atoms with Crippen LogP contribution in [0.2, 0.25) is 0 Å². The van der Waals surface area contributed by atoms with Crippen LogP contribution in [-0.4, -0.2) is 35.0 Å². The molecule has 4 nitrogen and oxygen atoms in total. The average molecular weight is 625 g/mol. The summed E-state index contributed by atoms with van der Waals surface area (Å²) >= 11 is 0. The van der Waals surface area contributed by atoms with Crippen LogP contribution < -0.4 is 9.47 Å². The van der Waals surface area contributed by atoms with Gasteiger partial charge < -0.3 is 9.47 Å². The number of hydrogen-bond acceptors (Lipinski definition) is 2. The lowest BCUT2D eigenvalue weighted by Crippen LogP contribution is -2.21. The second-order valence-corrected chi connectivity index (χ2v) is 12.3. The van der Waals surface area contributed by atoms with Gasteiger partial charge in [0, 0.05) is 12.1 Å². The molecule has 0 saturated carbocycles. The molecule has 0 N–H and O–H groups in total. The number of aryl methyl sites for hydroxylation is 2. The first-order valence-electron chi connectivity index (χ1n) is 16.4. The van der Waals surface area contributed by atoms with Crippen molar-refractivity contribution < 1.29 is 18.6 Å². The van der Waals surface area contributed by atoms with Crippen LogP contribution in [0.3, 0.4) is 0 Å². The number of fused-ring (bicyclic) bond motifs is 4. The summed E-state index contributed by atoms with van der Waals surface area (Å²) in [5, 5.41) is 4.97. The van der Waals surface area contributed by atoms with Crippen LogP contribution in [0.4, 0.5) is 11.4 Å². The van der Waals surface area contributed by atoms with Gasteiger partial charge in [-0.1, -0.05) is 109 Å². The molecule has 2 heterocycles. The molecular weight excluding hydrogens is 588 g/mol. The van der Waals surface area contributed by atoms with Gasteiger partial charge in [0.05, 0.1) is 22.1 Å². The van der Waals surface area contributed by atoms with Crippen molar-refractivity contribution in [3.63, 3.8) is 0 Å². The van der Waals surface area contributed by atoms with Crippen molar-refractivity contribution in [2.75, 3.05) is 13.5 Å². The first-order chi connectivity index (χ1) is 23.6. The highest BCUT2D eigenvalue weighted by molar-refractivity contribution is 5.94. The fraction of sp³-hybridized carbons (Fsp3) is 0.0909. The number of rotatable bonds is 3. The minimum Gasteiger partial charge on any atom is -0.435 e. The Balaban J connectivity index is 0.000000145. The third-order valence-electron chi connectivity index (χ3n) is 9.10. The maximum absolute atomic E-state index is 6.12. The molecule has 2 aliphatic rings. The second-order valence-electron chi connectivity index (χ2n) is 12.3. The highest BCUT2D eigenvalue weighted by atomic mass is 16.5. The van der Waals surface area contributed by atoms with E-state index in [1.54, 1.807) is 0 Å². The van der Waals surface area contributed by atoms with Crippen LogP contribution in [-0.2, 0) is 0 Å². The Morgan fingerprint density at radius 2 is 0.979 bits per heavy atom. The molecule has 0 radical (unpaired) electrons. The van der Waals surface area contributed by atoms with Crippen LogP contribution in [0.25, 0.3) is 32.7 Å². The molecular formula is C44H36N2O2+2. The average Bonchev–Trinajstić information content (AvgIpc) is 3.14. The van der Waals surface area contributed by atoms with Gasteiger partial charge in [-0.3, -0.25) is 0 Å². The zero-order chi connectivity index (χ0) is 32.5. The summed E-state index contributed by atoms with van der Waals surface area (Å²) in [7, 11) is 0. The Morgan fingerprint density at radius 1 is 0.458 bits per heavy atom. The maximum atomic E-state index is 6.12. The normalized spacial score (nSPS) is 13.2. The lowest BCUT2D eigenvalue weighted by atomic mass is 9.98. The molecule has 4 heteroatoms. The minimum absolute atomic E-state index is 0.510. The summed E-state index contributed by atoms with van der Waals surface area (Å²) in [6.45, 7) is 5.23. The number of para-hydroxylation sites is 2. The summed E-state index contributed by atoms with van der Waals surface area (Å²) in [6.07, 6.45) is 4.37. The van der Waals surface area contributed by atoms with E-state index >= 15 is 0 Å². The Kier molecular flexibility index (Phi) is 7.75. The topological polar surface area (TPSA) is 24.5 Å². The Labute approximate surface area is 281 Å². The summed E-state index contributed by atoms with van der Waals surface area (Å²) in [6, 6.07) is 51.0. The fourth-order valence-corrected chi connectivity index (χ4v) is 6.68. The molecule has 0 saturated heterocycles. The van der Waals surface area contributed by atoms with E-state index in [-0.39, 0.29) is 0 Å². The molecule has 0 aromatic heterocycles. The summed E-state index contributed by atoms with van der Waals surface area (Å²) < 4.78 is 16.5. The smallest absolute Gasteiger partial charge is 0.292 e. The van der Waals surface area contributed by atoms with Crippen molar-refractivity contribution in [2.45, 2.75) is 13.8 Å². The Hall–Kier alpha value is -6.00. The number of benzene rings is 7. The van der Waals surface area contributed by atoms with Gasteiger partial charge >= 0.3 is 0 Å². The fourth-order valence-electron chi connectivity index (χ4n) is 6.68.